The first-order chi connectivity index (χ1) is 14.8. The van der Waals surface area contributed by atoms with Crippen LogP contribution in [0.2, 0.25) is 0 Å². The summed E-state index contributed by atoms with van der Waals surface area (Å²) < 4.78 is 5.24. The van der Waals surface area contributed by atoms with Gasteiger partial charge in [0, 0.05) is 33.1 Å². The molecule has 166 valence electrons. The normalized spacial score (nSPS) is 18.7. The van der Waals surface area contributed by atoms with Crippen LogP contribution in [0.3, 0.4) is 0 Å². The first kappa shape index (κ1) is 22.9. The number of carbonyl (C=O) groups excluding carboxylic acids is 2. The van der Waals surface area contributed by atoms with E-state index in [1.54, 1.807) is 26.1 Å². The Hall–Kier alpha value is -2.82. The minimum absolute atomic E-state index is 0.0611. The van der Waals surface area contributed by atoms with Crippen LogP contribution in [0.1, 0.15) is 32.3 Å². The van der Waals surface area contributed by atoms with Crippen molar-refractivity contribution in [2.24, 2.45) is 11.3 Å². The summed E-state index contributed by atoms with van der Waals surface area (Å²) in [6.45, 7) is 5.06. The van der Waals surface area contributed by atoms with Crippen LogP contribution >= 0.6 is 0 Å². The van der Waals surface area contributed by atoms with E-state index < -0.39 is 5.41 Å². The minimum Gasteiger partial charge on any atom is -0.497 e. The van der Waals surface area contributed by atoms with E-state index in [9.17, 15) is 9.59 Å². The van der Waals surface area contributed by atoms with Crippen molar-refractivity contribution in [1.29, 1.82) is 0 Å². The summed E-state index contributed by atoms with van der Waals surface area (Å²) in [4.78, 5) is 29.5. The third-order valence-electron chi connectivity index (χ3n) is 6.16. The maximum atomic E-state index is 13.3. The number of hydrogen-bond donors (Lipinski definition) is 0. The lowest BCUT2D eigenvalue weighted by Crippen LogP contribution is -2.54. The van der Waals surface area contributed by atoms with Gasteiger partial charge in [-0.25, -0.2) is 0 Å². The van der Waals surface area contributed by atoms with Crippen LogP contribution in [0.15, 0.2) is 48.5 Å². The molecule has 31 heavy (non-hydrogen) atoms. The van der Waals surface area contributed by atoms with Gasteiger partial charge in [-0.15, -0.1) is 0 Å². The molecule has 0 aliphatic carbocycles. The van der Waals surface area contributed by atoms with E-state index >= 15 is 0 Å². The topological polar surface area (TPSA) is 49.9 Å². The fourth-order valence-corrected chi connectivity index (χ4v) is 4.54. The monoisotopic (exact) mass is 422 g/mol. The van der Waals surface area contributed by atoms with Crippen LogP contribution in [0.25, 0.3) is 11.1 Å². The maximum Gasteiger partial charge on any atom is 0.230 e. The molecule has 3 rings (SSSR count). The standard InChI is InChI=1S/C26H34N2O3/c1-19(2)24(29)28-16-6-15-26(18-28,25(30)27(3)4)17-20-7-9-21(10-8-20)22-11-13-23(31-5)14-12-22/h7-14,19H,6,15-18H2,1-5H3/t26-/m1/s1. The van der Waals surface area contributed by atoms with Crippen LogP contribution < -0.4 is 4.74 Å². The second kappa shape index (κ2) is 9.54. The largest absolute Gasteiger partial charge is 0.497 e. The summed E-state index contributed by atoms with van der Waals surface area (Å²) in [7, 11) is 5.27. The SMILES string of the molecule is COc1ccc(-c2ccc(C[C@]3(C(=O)N(C)C)CCCN(C(=O)C(C)C)C3)cc2)cc1. The molecule has 1 saturated heterocycles. The highest BCUT2D eigenvalue weighted by atomic mass is 16.5. The second-order valence-corrected chi connectivity index (χ2v) is 9.10. The zero-order valence-electron chi connectivity index (χ0n) is 19.4. The van der Waals surface area contributed by atoms with Crippen molar-refractivity contribution in [2.75, 3.05) is 34.3 Å². The summed E-state index contributed by atoms with van der Waals surface area (Å²) in [5.74, 6) is 1.01. The number of nitrogens with zero attached hydrogens (tertiary/aromatic N) is 2. The van der Waals surface area contributed by atoms with Crippen molar-refractivity contribution in [2.45, 2.75) is 33.1 Å². The number of methoxy groups -OCH3 is 1. The molecular formula is C26H34N2O3. The fraction of sp³-hybridized carbons (Fsp3) is 0.462. The molecule has 0 saturated carbocycles. The summed E-state index contributed by atoms with van der Waals surface area (Å²) in [6.07, 6.45) is 2.28. The maximum absolute atomic E-state index is 13.3. The average Bonchev–Trinajstić information content (AvgIpc) is 2.78. The lowest BCUT2D eigenvalue weighted by Gasteiger charge is -2.43. The third-order valence-corrected chi connectivity index (χ3v) is 6.16. The number of rotatable bonds is 6. The highest BCUT2D eigenvalue weighted by Gasteiger charge is 2.44. The molecule has 1 heterocycles. The van der Waals surface area contributed by atoms with Crippen LogP contribution in [-0.4, -0.2) is 55.9 Å². The predicted molar refractivity (Wildman–Crippen MR) is 124 cm³/mol. The Morgan fingerprint density at radius 1 is 1.03 bits per heavy atom. The number of hydrogen-bond acceptors (Lipinski definition) is 3. The molecule has 1 aliphatic heterocycles. The zero-order valence-corrected chi connectivity index (χ0v) is 19.4. The zero-order chi connectivity index (χ0) is 22.6. The van der Waals surface area contributed by atoms with Gasteiger partial charge in [-0.2, -0.15) is 0 Å². The average molecular weight is 423 g/mol. The summed E-state index contributed by atoms with van der Waals surface area (Å²) in [5, 5.41) is 0. The van der Waals surface area contributed by atoms with Gasteiger partial charge in [-0.3, -0.25) is 9.59 Å². The molecule has 0 aromatic heterocycles. The molecule has 0 spiro atoms. The van der Waals surface area contributed by atoms with Gasteiger partial charge >= 0.3 is 0 Å². The Labute approximate surface area is 186 Å². The number of piperidine rings is 1. The molecule has 0 N–H and O–H groups in total. The highest BCUT2D eigenvalue weighted by molar-refractivity contribution is 5.85. The Balaban J connectivity index is 1.84. The Morgan fingerprint density at radius 2 is 1.61 bits per heavy atom. The molecule has 1 atom stereocenters. The number of ether oxygens (including phenoxy) is 1. The first-order valence-electron chi connectivity index (χ1n) is 11.0. The molecule has 0 unspecified atom stereocenters. The molecule has 1 fully saturated rings. The van der Waals surface area contributed by atoms with E-state index in [0.717, 1.165) is 41.8 Å². The molecular weight excluding hydrogens is 388 g/mol. The molecule has 0 bridgehead atoms. The second-order valence-electron chi connectivity index (χ2n) is 9.10. The van der Waals surface area contributed by atoms with Crippen molar-refractivity contribution in [1.82, 2.24) is 9.80 Å². The molecule has 2 aromatic rings. The van der Waals surface area contributed by atoms with Gasteiger partial charge in [0.2, 0.25) is 11.8 Å². The number of carbonyl (C=O) groups is 2. The fourth-order valence-electron chi connectivity index (χ4n) is 4.54. The smallest absolute Gasteiger partial charge is 0.230 e. The van der Waals surface area contributed by atoms with E-state index in [1.807, 2.05) is 43.0 Å². The Morgan fingerprint density at radius 3 is 2.13 bits per heavy atom. The van der Waals surface area contributed by atoms with E-state index in [0.29, 0.717) is 13.0 Å². The lowest BCUT2D eigenvalue weighted by atomic mass is 9.73. The number of benzene rings is 2. The van der Waals surface area contributed by atoms with Gasteiger partial charge in [0.1, 0.15) is 5.75 Å². The molecule has 1 aliphatic rings. The molecule has 0 radical (unpaired) electrons. The Kier molecular flexibility index (Phi) is 7.04. The van der Waals surface area contributed by atoms with Gasteiger partial charge in [0.25, 0.3) is 0 Å². The molecule has 5 heteroatoms. The van der Waals surface area contributed by atoms with E-state index in [4.69, 9.17) is 4.74 Å². The van der Waals surface area contributed by atoms with Crippen LogP contribution in [0, 0.1) is 11.3 Å². The van der Waals surface area contributed by atoms with Crippen molar-refractivity contribution in [3.05, 3.63) is 54.1 Å². The van der Waals surface area contributed by atoms with Crippen LogP contribution in [0.5, 0.6) is 5.75 Å². The van der Waals surface area contributed by atoms with Gasteiger partial charge < -0.3 is 14.5 Å². The van der Waals surface area contributed by atoms with Crippen LogP contribution in [-0.2, 0) is 16.0 Å². The van der Waals surface area contributed by atoms with Crippen molar-refractivity contribution >= 4 is 11.8 Å². The first-order valence-corrected chi connectivity index (χ1v) is 11.0. The summed E-state index contributed by atoms with van der Waals surface area (Å²) in [6, 6.07) is 16.4. The van der Waals surface area contributed by atoms with Gasteiger partial charge in [0.05, 0.1) is 12.5 Å². The Bertz CT molecular complexity index is 903. The van der Waals surface area contributed by atoms with Crippen molar-refractivity contribution < 1.29 is 14.3 Å². The van der Waals surface area contributed by atoms with E-state index in [1.165, 1.54) is 0 Å². The summed E-state index contributed by atoms with van der Waals surface area (Å²) in [5.41, 5.74) is 2.79. The minimum atomic E-state index is -0.575. The van der Waals surface area contributed by atoms with Crippen LogP contribution in [0.4, 0.5) is 0 Å². The van der Waals surface area contributed by atoms with Crippen molar-refractivity contribution in [3.8, 4) is 16.9 Å². The van der Waals surface area contributed by atoms with E-state index in [2.05, 4.69) is 24.3 Å². The highest BCUT2D eigenvalue weighted by Crippen LogP contribution is 2.36. The molecule has 2 amide bonds. The molecule has 2 aromatic carbocycles. The number of amides is 2. The van der Waals surface area contributed by atoms with Crippen molar-refractivity contribution in [3.63, 3.8) is 0 Å². The molecule has 5 nitrogen and oxygen atoms in total. The lowest BCUT2D eigenvalue weighted by molar-refractivity contribution is -0.148. The number of likely N-dealkylation sites (tertiary alicyclic amines) is 1. The van der Waals surface area contributed by atoms with E-state index in [-0.39, 0.29) is 17.7 Å². The van der Waals surface area contributed by atoms with Gasteiger partial charge in [-0.05, 0) is 48.1 Å². The quantitative estimate of drug-likeness (QED) is 0.699. The van der Waals surface area contributed by atoms with Gasteiger partial charge in [0.15, 0.2) is 0 Å². The predicted octanol–water partition coefficient (Wildman–Crippen LogP) is 4.26. The van der Waals surface area contributed by atoms with Gasteiger partial charge in [-0.1, -0.05) is 50.2 Å². The summed E-state index contributed by atoms with van der Waals surface area (Å²) >= 11 is 0. The third kappa shape index (κ3) is 5.09.